The number of hydrogen-bond acceptors (Lipinski definition) is 6. The second kappa shape index (κ2) is 12.7. The number of aliphatic hydroxyl groups excluding tert-OH is 1. The van der Waals surface area contributed by atoms with Crippen LogP contribution in [0.5, 0.6) is 0 Å². The van der Waals surface area contributed by atoms with Crippen LogP contribution >= 0.6 is 11.6 Å². The van der Waals surface area contributed by atoms with Crippen molar-refractivity contribution < 1.29 is 23.5 Å². The van der Waals surface area contributed by atoms with Gasteiger partial charge in [0.25, 0.3) is 11.8 Å². The molecule has 6 rings (SSSR count). The van der Waals surface area contributed by atoms with Crippen LogP contribution in [0.2, 0.25) is 23.7 Å². The lowest BCUT2D eigenvalue weighted by atomic mass is 9.82. The number of hydrogen-bond donors (Lipinski definition) is 2. The molecule has 0 unspecified atom stereocenters. The number of carbonyl (C=O) groups is 2. The number of carbonyl (C=O) groups excluding carboxylic acids is 2. The molecule has 2 aliphatic rings. The van der Waals surface area contributed by atoms with Gasteiger partial charge in [-0.15, -0.1) is 5.10 Å². The number of rotatable bonds is 10. The van der Waals surface area contributed by atoms with Gasteiger partial charge in [0.05, 0.1) is 24.0 Å². The Hall–Kier alpha value is -3.90. The molecule has 4 atom stereocenters. The number of aliphatic hydroxyl groups is 1. The van der Waals surface area contributed by atoms with Crippen LogP contribution in [0.15, 0.2) is 79.0 Å². The molecule has 1 fully saturated rings. The zero-order valence-electron chi connectivity index (χ0n) is 26.0. The van der Waals surface area contributed by atoms with E-state index in [1.165, 1.54) is 0 Å². The van der Waals surface area contributed by atoms with Crippen LogP contribution in [-0.2, 0) is 34.6 Å². The summed E-state index contributed by atoms with van der Waals surface area (Å²) in [4.78, 5) is 29.1. The van der Waals surface area contributed by atoms with E-state index >= 15 is 4.11 Å². The Bertz CT molecular complexity index is 1750. The summed E-state index contributed by atoms with van der Waals surface area (Å²) in [5.74, 6) is -0.948. The molecule has 4 aromatic rings. The predicted molar refractivity (Wildman–Crippen MR) is 177 cm³/mol. The molecule has 9 nitrogen and oxygen atoms in total. The number of benzene rings is 3. The van der Waals surface area contributed by atoms with Crippen LogP contribution < -0.4 is 10.2 Å². The number of halogens is 2. The molecular formula is C34H37ClFN5O4Si. The fraction of sp³-hybridized carbons (Fsp3) is 0.353. The molecule has 12 heteroatoms. The van der Waals surface area contributed by atoms with Gasteiger partial charge < -0.3 is 24.2 Å². The molecule has 1 spiro atoms. The van der Waals surface area contributed by atoms with Gasteiger partial charge in [0.2, 0.25) is 8.41 Å². The summed E-state index contributed by atoms with van der Waals surface area (Å²) in [5.41, 5.74) is 2.06. The number of aryl methyl sites for hydroxylation is 1. The normalized spacial score (nSPS) is 22.4. The van der Waals surface area contributed by atoms with Crippen molar-refractivity contribution in [2.45, 2.75) is 63.2 Å². The largest absolute Gasteiger partial charge is 0.396 e. The minimum atomic E-state index is -3.35. The molecule has 0 saturated carbocycles. The topological polar surface area (TPSA) is 110 Å². The molecule has 0 aliphatic carbocycles. The van der Waals surface area contributed by atoms with E-state index in [1.807, 2.05) is 37.3 Å². The minimum Gasteiger partial charge on any atom is -0.396 e. The van der Waals surface area contributed by atoms with E-state index < -0.39 is 31.6 Å². The molecule has 2 N–H and O–H groups in total. The molecule has 2 aliphatic heterocycles. The van der Waals surface area contributed by atoms with Gasteiger partial charge >= 0.3 is 0 Å². The Kier molecular flexibility index (Phi) is 8.86. The Morgan fingerprint density at radius 2 is 1.91 bits per heavy atom. The van der Waals surface area contributed by atoms with Gasteiger partial charge in [0.15, 0.2) is 5.60 Å². The number of aromatic nitrogens is 3. The fourth-order valence-electron chi connectivity index (χ4n) is 7.11. The third-order valence-corrected chi connectivity index (χ3v) is 11.8. The summed E-state index contributed by atoms with van der Waals surface area (Å²) < 4.78 is 24.7. The first-order valence-electron chi connectivity index (χ1n) is 15.4. The number of anilines is 2. The van der Waals surface area contributed by atoms with Crippen LogP contribution in [0, 0.1) is 5.92 Å². The minimum absolute atomic E-state index is 0.0264. The van der Waals surface area contributed by atoms with Crippen molar-refractivity contribution >= 4 is 43.2 Å². The molecule has 2 amide bonds. The average molecular weight is 662 g/mol. The van der Waals surface area contributed by atoms with Gasteiger partial charge in [-0.2, -0.15) is 0 Å². The number of nitrogens with zero attached hydrogens (tertiary/aromatic N) is 4. The highest BCUT2D eigenvalue weighted by molar-refractivity contribution is 6.72. The second-order valence-electron chi connectivity index (χ2n) is 12.6. The predicted octanol–water partition coefficient (Wildman–Crippen LogP) is 6.13. The van der Waals surface area contributed by atoms with E-state index in [1.54, 1.807) is 71.3 Å². The Labute approximate surface area is 273 Å². The van der Waals surface area contributed by atoms with Gasteiger partial charge in [-0.3, -0.25) is 14.3 Å². The first-order valence-corrected chi connectivity index (χ1v) is 18.8. The summed E-state index contributed by atoms with van der Waals surface area (Å²) in [6, 6.07) is 21.7. The van der Waals surface area contributed by atoms with E-state index in [0.717, 1.165) is 5.56 Å². The standard InChI is InChI=1S/C34H37ClFN5O4Si/c1-22-31(46(2,3)36)30(14-16-40-21-27(15-17-42)38-39-40)45-34(22)28-19-25(35)12-13-29(28)41(33(34)44)20-23-8-7-11-26(18-23)37-32(43)24-9-5-4-6-10-24/h4-13,18-19,21-22,30-31,42H,14-17,20H2,1-3H3,(H,37,43)/t22-,30+,31-,34+/m1/s1. The highest BCUT2D eigenvalue weighted by atomic mass is 35.5. The van der Waals surface area contributed by atoms with Crippen LogP contribution in [0.3, 0.4) is 0 Å². The SMILES string of the molecule is C[C@@H]1[C@@H]([Si](C)(C)F)[C@H](CCn2cc(CCO)nn2)O[C@@]12C(=O)N(Cc1cccc(NC(=O)c3ccccc3)c1)c1ccc(Cl)cc12. The summed E-state index contributed by atoms with van der Waals surface area (Å²) in [7, 11) is -3.35. The van der Waals surface area contributed by atoms with E-state index in [9.17, 15) is 14.7 Å². The summed E-state index contributed by atoms with van der Waals surface area (Å²) in [5, 5.41) is 20.9. The zero-order valence-corrected chi connectivity index (χ0v) is 27.7. The third kappa shape index (κ3) is 6.00. The molecule has 0 radical (unpaired) electrons. The summed E-state index contributed by atoms with van der Waals surface area (Å²) in [6.45, 7) is 5.88. The maximum atomic E-state index is 16.2. The van der Waals surface area contributed by atoms with E-state index in [4.69, 9.17) is 16.3 Å². The fourth-order valence-corrected chi connectivity index (χ4v) is 9.82. The van der Waals surface area contributed by atoms with Crippen molar-refractivity contribution in [2.75, 3.05) is 16.8 Å². The summed E-state index contributed by atoms with van der Waals surface area (Å²) >= 11 is 6.51. The number of amides is 2. The van der Waals surface area contributed by atoms with Crippen molar-refractivity contribution in [1.29, 1.82) is 0 Å². The second-order valence-corrected chi connectivity index (χ2v) is 16.8. The van der Waals surface area contributed by atoms with Gasteiger partial charge in [0, 0.05) is 59.1 Å². The first-order chi connectivity index (χ1) is 22.0. The molecule has 1 aromatic heterocycles. The lowest BCUT2D eigenvalue weighted by molar-refractivity contribution is -0.146. The van der Waals surface area contributed by atoms with Crippen LogP contribution in [0.1, 0.15) is 40.5 Å². The van der Waals surface area contributed by atoms with E-state index in [0.29, 0.717) is 52.6 Å². The van der Waals surface area contributed by atoms with Gasteiger partial charge in [-0.25, -0.2) is 0 Å². The highest BCUT2D eigenvalue weighted by Crippen LogP contribution is 2.60. The molecule has 1 saturated heterocycles. The lowest BCUT2D eigenvalue weighted by Crippen LogP contribution is -2.45. The van der Waals surface area contributed by atoms with E-state index in [-0.39, 0.29) is 25.0 Å². The molecular weight excluding hydrogens is 625 g/mol. The Balaban J connectivity index is 1.29. The molecule has 240 valence electrons. The average Bonchev–Trinajstić information content (AvgIpc) is 3.67. The number of nitrogens with one attached hydrogen (secondary N) is 1. The maximum Gasteiger partial charge on any atom is 0.264 e. The van der Waals surface area contributed by atoms with Crippen molar-refractivity contribution in [2.24, 2.45) is 5.92 Å². The maximum absolute atomic E-state index is 16.2. The van der Waals surface area contributed by atoms with Crippen molar-refractivity contribution in [3.05, 3.63) is 106 Å². The summed E-state index contributed by atoms with van der Waals surface area (Å²) in [6.07, 6.45) is 2.06. The van der Waals surface area contributed by atoms with Crippen molar-refractivity contribution in [3.63, 3.8) is 0 Å². The van der Waals surface area contributed by atoms with Crippen LogP contribution in [0.25, 0.3) is 0 Å². The first kappa shape index (κ1) is 32.1. The monoisotopic (exact) mass is 661 g/mol. The quantitative estimate of drug-likeness (QED) is 0.156. The van der Waals surface area contributed by atoms with Gasteiger partial charge in [-0.1, -0.05) is 54.1 Å². The zero-order chi connectivity index (χ0) is 32.6. The van der Waals surface area contributed by atoms with Gasteiger partial charge in [0.1, 0.15) is 0 Å². The number of fused-ring (bicyclic) bond motifs is 2. The van der Waals surface area contributed by atoms with Gasteiger partial charge in [-0.05, 0) is 67.5 Å². The molecule has 3 aromatic carbocycles. The van der Waals surface area contributed by atoms with Crippen LogP contribution in [-0.4, -0.2) is 53.0 Å². The van der Waals surface area contributed by atoms with E-state index in [2.05, 4.69) is 15.6 Å². The Morgan fingerprint density at radius 3 is 2.65 bits per heavy atom. The Morgan fingerprint density at radius 1 is 1.13 bits per heavy atom. The molecule has 0 bridgehead atoms. The number of ether oxygens (including phenoxy) is 1. The highest BCUT2D eigenvalue weighted by Gasteiger charge is 2.66. The third-order valence-electron chi connectivity index (χ3n) is 9.08. The lowest BCUT2D eigenvalue weighted by Gasteiger charge is -2.31. The smallest absolute Gasteiger partial charge is 0.264 e. The van der Waals surface area contributed by atoms with Crippen molar-refractivity contribution in [3.8, 4) is 0 Å². The molecule has 3 heterocycles. The van der Waals surface area contributed by atoms with Crippen molar-refractivity contribution in [1.82, 2.24) is 15.0 Å². The molecule has 46 heavy (non-hydrogen) atoms. The van der Waals surface area contributed by atoms with Crippen LogP contribution in [0.4, 0.5) is 15.5 Å².